The van der Waals surface area contributed by atoms with Gasteiger partial charge in [-0.25, -0.2) is 4.98 Å². The van der Waals surface area contributed by atoms with E-state index in [2.05, 4.69) is 17.2 Å². The van der Waals surface area contributed by atoms with Gasteiger partial charge in [-0.1, -0.05) is 25.4 Å². The van der Waals surface area contributed by atoms with Crippen molar-refractivity contribution in [1.29, 1.82) is 0 Å². The van der Waals surface area contributed by atoms with Gasteiger partial charge >= 0.3 is 0 Å². The average molecular weight is 243 g/mol. The SMILES string of the molecule is CC.Cc1ccc(NCC2(C)CO2)c(Cl)n1. The molecule has 2 rings (SSSR count). The number of nitrogens with zero attached hydrogens (tertiary/aromatic N) is 1. The molecule has 0 aromatic carbocycles. The molecule has 3 nitrogen and oxygen atoms in total. The van der Waals surface area contributed by atoms with Gasteiger partial charge in [0.1, 0.15) is 5.60 Å². The molecule has 1 aromatic heterocycles. The van der Waals surface area contributed by atoms with Crippen molar-refractivity contribution in [1.82, 2.24) is 4.98 Å². The Morgan fingerprint density at radius 2 is 2.12 bits per heavy atom. The van der Waals surface area contributed by atoms with E-state index in [1.807, 2.05) is 32.9 Å². The van der Waals surface area contributed by atoms with Crippen molar-refractivity contribution in [3.8, 4) is 0 Å². The molecule has 16 heavy (non-hydrogen) atoms. The zero-order chi connectivity index (χ0) is 12.2. The van der Waals surface area contributed by atoms with E-state index in [0.717, 1.165) is 24.5 Å². The fourth-order valence-corrected chi connectivity index (χ4v) is 1.43. The minimum Gasteiger partial charge on any atom is -0.380 e. The molecule has 0 bridgehead atoms. The van der Waals surface area contributed by atoms with Gasteiger partial charge in [-0.05, 0) is 26.0 Å². The van der Waals surface area contributed by atoms with Gasteiger partial charge in [0.2, 0.25) is 0 Å². The molecule has 0 aliphatic carbocycles. The van der Waals surface area contributed by atoms with Crippen LogP contribution in [0.4, 0.5) is 5.69 Å². The maximum Gasteiger partial charge on any atom is 0.152 e. The van der Waals surface area contributed by atoms with Crippen molar-refractivity contribution in [2.45, 2.75) is 33.3 Å². The van der Waals surface area contributed by atoms with Crippen molar-refractivity contribution >= 4 is 17.3 Å². The summed E-state index contributed by atoms with van der Waals surface area (Å²) < 4.78 is 5.26. The molecule has 0 saturated carbocycles. The first kappa shape index (κ1) is 13.3. The Bertz CT molecular complexity index is 351. The van der Waals surface area contributed by atoms with Gasteiger partial charge in [0.15, 0.2) is 5.15 Å². The van der Waals surface area contributed by atoms with E-state index in [1.54, 1.807) is 0 Å². The molecule has 1 aliphatic rings. The number of aromatic nitrogens is 1. The van der Waals surface area contributed by atoms with Crippen LogP contribution < -0.4 is 5.32 Å². The third-order valence-corrected chi connectivity index (χ3v) is 2.57. The summed E-state index contributed by atoms with van der Waals surface area (Å²) in [5.74, 6) is 0. The molecule has 1 saturated heterocycles. The summed E-state index contributed by atoms with van der Waals surface area (Å²) in [6, 6.07) is 3.88. The number of epoxide rings is 1. The van der Waals surface area contributed by atoms with Crippen molar-refractivity contribution in [3.63, 3.8) is 0 Å². The quantitative estimate of drug-likeness (QED) is 0.653. The normalized spacial score (nSPS) is 22.1. The lowest BCUT2D eigenvalue weighted by Crippen LogP contribution is -2.19. The second kappa shape index (κ2) is 5.51. The van der Waals surface area contributed by atoms with E-state index in [-0.39, 0.29) is 5.60 Å². The van der Waals surface area contributed by atoms with Gasteiger partial charge in [0.25, 0.3) is 0 Å². The van der Waals surface area contributed by atoms with Crippen LogP contribution in [0.15, 0.2) is 12.1 Å². The summed E-state index contributed by atoms with van der Waals surface area (Å²) in [7, 11) is 0. The largest absolute Gasteiger partial charge is 0.380 e. The number of ether oxygens (including phenoxy) is 1. The van der Waals surface area contributed by atoms with Crippen LogP contribution in [0.5, 0.6) is 0 Å². The zero-order valence-electron chi connectivity index (χ0n) is 10.3. The van der Waals surface area contributed by atoms with Crippen LogP contribution in [0.2, 0.25) is 5.15 Å². The summed E-state index contributed by atoms with van der Waals surface area (Å²) in [4.78, 5) is 4.16. The van der Waals surface area contributed by atoms with Crippen LogP contribution in [-0.4, -0.2) is 23.7 Å². The summed E-state index contributed by atoms with van der Waals surface area (Å²) in [6.45, 7) is 9.57. The highest BCUT2D eigenvalue weighted by atomic mass is 35.5. The first-order valence-corrected chi connectivity index (χ1v) is 5.98. The number of aryl methyl sites for hydroxylation is 1. The van der Waals surface area contributed by atoms with Crippen molar-refractivity contribution in [2.24, 2.45) is 0 Å². The average Bonchev–Trinajstić information content (AvgIpc) is 2.99. The molecular formula is C12H19ClN2O. The van der Waals surface area contributed by atoms with Crippen molar-refractivity contribution < 1.29 is 4.74 Å². The number of anilines is 1. The molecule has 0 radical (unpaired) electrons. The maximum absolute atomic E-state index is 5.96. The van der Waals surface area contributed by atoms with Crippen LogP contribution in [0.25, 0.3) is 0 Å². The molecular weight excluding hydrogens is 224 g/mol. The number of nitrogens with one attached hydrogen (secondary N) is 1. The fourth-order valence-electron chi connectivity index (χ4n) is 1.16. The second-order valence-corrected chi connectivity index (χ2v) is 4.24. The fraction of sp³-hybridized carbons (Fsp3) is 0.583. The molecule has 2 heterocycles. The smallest absolute Gasteiger partial charge is 0.152 e. The standard InChI is InChI=1S/C10H13ClN2O.C2H6/c1-7-3-4-8(9(11)13-7)12-5-10(2)6-14-10;1-2/h3-4,12H,5-6H2,1-2H3;1-2H3. The Morgan fingerprint density at radius 1 is 1.50 bits per heavy atom. The van der Waals surface area contributed by atoms with Gasteiger partial charge in [-0.3, -0.25) is 0 Å². The monoisotopic (exact) mass is 242 g/mol. The summed E-state index contributed by atoms with van der Waals surface area (Å²) >= 11 is 5.96. The van der Waals surface area contributed by atoms with E-state index in [0.29, 0.717) is 5.15 Å². The van der Waals surface area contributed by atoms with Gasteiger partial charge in [0, 0.05) is 12.2 Å². The maximum atomic E-state index is 5.96. The Kier molecular flexibility index (Phi) is 4.56. The third-order valence-electron chi connectivity index (χ3n) is 2.28. The summed E-state index contributed by atoms with van der Waals surface area (Å²) in [5.41, 5.74) is 1.79. The molecule has 90 valence electrons. The molecule has 4 heteroatoms. The van der Waals surface area contributed by atoms with Gasteiger partial charge in [-0.2, -0.15) is 0 Å². The minimum absolute atomic E-state index is 0.00574. The summed E-state index contributed by atoms with van der Waals surface area (Å²) in [6.07, 6.45) is 0. The molecule has 1 unspecified atom stereocenters. The Balaban J connectivity index is 0.000000606. The number of hydrogen-bond acceptors (Lipinski definition) is 3. The first-order chi connectivity index (χ1) is 7.59. The first-order valence-electron chi connectivity index (χ1n) is 5.60. The lowest BCUT2D eigenvalue weighted by molar-refractivity contribution is 0.335. The van der Waals surface area contributed by atoms with Crippen LogP contribution in [0, 0.1) is 6.92 Å². The molecule has 1 N–H and O–H groups in total. The minimum atomic E-state index is -0.00574. The molecule has 0 amide bonds. The summed E-state index contributed by atoms with van der Waals surface area (Å²) in [5, 5.41) is 3.75. The van der Waals surface area contributed by atoms with E-state index in [4.69, 9.17) is 16.3 Å². The second-order valence-electron chi connectivity index (χ2n) is 3.88. The Hall–Kier alpha value is -0.800. The van der Waals surface area contributed by atoms with Crippen molar-refractivity contribution in [3.05, 3.63) is 23.0 Å². The highest BCUT2D eigenvalue weighted by Gasteiger charge is 2.38. The van der Waals surface area contributed by atoms with E-state index >= 15 is 0 Å². The molecule has 1 atom stereocenters. The lowest BCUT2D eigenvalue weighted by Gasteiger charge is -2.10. The van der Waals surface area contributed by atoms with E-state index in [9.17, 15) is 0 Å². The molecule has 1 fully saturated rings. The number of rotatable bonds is 3. The molecule has 1 aliphatic heterocycles. The Labute approximate surface area is 102 Å². The molecule has 1 aromatic rings. The number of pyridine rings is 1. The predicted octanol–water partition coefficient (Wildman–Crippen LogP) is 3.27. The van der Waals surface area contributed by atoms with E-state index < -0.39 is 0 Å². The topological polar surface area (TPSA) is 37.5 Å². The highest BCUT2D eigenvalue weighted by molar-refractivity contribution is 6.32. The molecule has 0 spiro atoms. The van der Waals surface area contributed by atoms with Crippen LogP contribution in [0.1, 0.15) is 26.5 Å². The highest BCUT2D eigenvalue weighted by Crippen LogP contribution is 2.27. The Morgan fingerprint density at radius 3 is 2.62 bits per heavy atom. The van der Waals surface area contributed by atoms with Gasteiger partial charge in [-0.15, -0.1) is 0 Å². The predicted molar refractivity (Wildman–Crippen MR) is 68.2 cm³/mol. The van der Waals surface area contributed by atoms with Crippen LogP contribution >= 0.6 is 11.6 Å². The number of hydrogen-bond donors (Lipinski definition) is 1. The van der Waals surface area contributed by atoms with Crippen LogP contribution in [0.3, 0.4) is 0 Å². The van der Waals surface area contributed by atoms with Crippen LogP contribution in [-0.2, 0) is 4.74 Å². The third kappa shape index (κ3) is 3.65. The lowest BCUT2D eigenvalue weighted by atomic mass is 10.2. The van der Waals surface area contributed by atoms with E-state index in [1.165, 1.54) is 0 Å². The van der Waals surface area contributed by atoms with Gasteiger partial charge < -0.3 is 10.1 Å². The van der Waals surface area contributed by atoms with Gasteiger partial charge in [0.05, 0.1) is 12.3 Å². The number of halogens is 1. The van der Waals surface area contributed by atoms with Crippen molar-refractivity contribution in [2.75, 3.05) is 18.5 Å². The zero-order valence-corrected chi connectivity index (χ0v) is 11.1.